The molecule has 47 heavy (non-hydrogen) atoms. The van der Waals surface area contributed by atoms with Gasteiger partial charge in [-0.15, -0.1) is 0 Å². The van der Waals surface area contributed by atoms with Gasteiger partial charge in [0.05, 0.1) is 27.8 Å². The molecule has 0 saturated heterocycles. The van der Waals surface area contributed by atoms with Crippen LogP contribution in [0.2, 0.25) is 0 Å². The molecule has 0 aliphatic heterocycles. The van der Waals surface area contributed by atoms with Crippen LogP contribution >= 0.6 is 0 Å². The lowest BCUT2D eigenvalue weighted by molar-refractivity contribution is 0.483. The van der Waals surface area contributed by atoms with Crippen LogP contribution in [0.3, 0.4) is 0 Å². The topological polar surface area (TPSA) is 44.9 Å². The Balaban J connectivity index is 1.27. The molecule has 0 N–H and O–H groups in total. The van der Waals surface area contributed by atoms with Crippen LogP contribution in [0.15, 0.2) is 146 Å². The van der Waals surface area contributed by atoms with E-state index in [0.717, 1.165) is 50.7 Å². The van der Waals surface area contributed by atoms with Gasteiger partial charge in [-0.1, -0.05) is 54.6 Å². The summed E-state index contributed by atoms with van der Waals surface area (Å²) in [4.78, 5) is 9.47. The summed E-state index contributed by atoms with van der Waals surface area (Å²) < 4.78 is 11.2. The summed E-state index contributed by atoms with van der Waals surface area (Å²) in [6.45, 7) is 4.20. The van der Waals surface area contributed by atoms with Crippen LogP contribution in [0.1, 0.15) is 11.1 Å². The van der Waals surface area contributed by atoms with Crippen LogP contribution in [0.5, 0.6) is 11.5 Å². The molecule has 4 heterocycles. The molecule has 0 amide bonds. The molecule has 0 atom stereocenters. The lowest BCUT2D eigenvalue weighted by atomic mass is 10.1. The number of rotatable bonds is 5. The minimum atomic E-state index is 0.755. The minimum absolute atomic E-state index is 0.755. The summed E-state index contributed by atoms with van der Waals surface area (Å²) >= 11 is 0. The van der Waals surface area contributed by atoms with Crippen molar-refractivity contribution in [1.29, 1.82) is 0 Å². The smallest absolute Gasteiger partial charge is 0.137 e. The molecule has 5 nitrogen and oxygen atoms in total. The van der Waals surface area contributed by atoms with Gasteiger partial charge in [-0.3, -0.25) is 9.55 Å². The van der Waals surface area contributed by atoms with Crippen molar-refractivity contribution in [1.82, 2.24) is 19.1 Å². The van der Waals surface area contributed by atoms with Crippen molar-refractivity contribution in [3.8, 4) is 34.3 Å². The molecule has 9 aromatic rings. The van der Waals surface area contributed by atoms with Gasteiger partial charge in [0.1, 0.15) is 17.3 Å². The lowest BCUT2D eigenvalue weighted by Gasteiger charge is -2.10. The van der Waals surface area contributed by atoms with Crippen molar-refractivity contribution in [2.24, 2.45) is 0 Å². The molecule has 0 aliphatic rings. The normalized spacial score (nSPS) is 11.6. The number of aryl methyl sites for hydroxylation is 2. The summed E-state index contributed by atoms with van der Waals surface area (Å²) in [5.74, 6) is 2.37. The van der Waals surface area contributed by atoms with E-state index in [1.807, 2.05) is 36.7 Å². The monoisotopic (exact) mass is 606 g/mol. The van der Waals surface area contributed by atoms with E-state index in [0.29, 0.717) is 0 Å². The van der Waals surface area contributed by atoms with Gasteiger partial charge in [0.25, 0.3) is 0 Å². The molecule has 5 heteroatoms. The molecular formula is C42H30N4O. The summed E-state index contributed by atoms with van der Waals surface area (Å²) in [7, 11) is 0. The van der Waals surface area contributed by atoms with Crippen molar-refractivity contribution in [2.75, 3.05) is 0 Å². The molecule has 0 fully saturated rings. The molecular weight excluding hydrogens is 576 g/mol. The Morgan fingerprint density at radius 2 is 1.26 bits per heavy atom. The zero-order chi connectivity index (χ0) is 31.5. The number of para-hydroxylation sites is 2. The van der Waals surface area contributed by atoms with E-state index in [1.54, 1.807) is 0 Å². The van der Waals surface area contributed by atoms with Gasteiger partial charge in [-0.05, 0) is 97.8 Å². The first kappa shape index (κ1) is 27.1. The number of hydrogen-bond acceptors (Lipinski definition) is 3. The first-order valence-corrected chi connectivity index (χ1v) is 15.8. The fourth-order valence-corrected chi connectivity index (χ4v) is 6.83. The fraction of sp³-hybridized carbons (Fsp3) is 0.0476. The highest BCUT2D eigenvalue weighted by Crippen LogP contribution is 2.43. The Hall–Kier alpha value is -6.20. The Morgan fingerprint density at radius 3 is 2.06 bits per heavy atom. The number of hydrogen-bond donors (Lipinski definition) is 0. The average molecular weight is 607 g/mol. The predicted octanol–water partition coefficient (Wildman–Crippen LogP) is 10.7. The van der Waals surface area contributed by atoms with Crippen LogP contribution in [0.25, 0.3) is 66.4 Å². The standard InChI is InChI=1S/C42H30N4O/c1-27-23-35(44-26-28(27)2)29-11-10-14-31(24-29)47-32-18-19-34-39(25-32)46(40-17-8-9-22-43-40)38-21-20-37-41(42(34)38)33-15-6-7-16-36(33)45(37)30-12-4-3-5-13-30/h3-26H,1-2H3. The van der Waals surface area contributed by atoms with E-state index in [4.69, 9.17) is 9.72 Å². The lowest BCUT2D eigenvalue weighted by Crippen LogP contribution is -1.97. The highest BCUT2D eigenvalue weighted by molar-refractivity contribution is 6.28. The molecule has 0 aliphatic carbocycles. The summed E-state index contributed by atoms with van der Waals surface area (Å²) in [6.07, 6.45) is 3.77. The summed E-state index contributed by atoms with van der Waals surface area (Å²) in [6, 6.07) is 46.4. The van der Waals surface area contributed by atoms with E-state index < -0.39 is 0 Å². The largest absolute Gasteiger partial charge is 0.457 e. The quantitative estimate of drug-likeness (QED) is 0.196. The Morgan fingerprint density at radius 1 is 0.511 bits per heavy atom. The third-order valence-electron chi connectivity index (χ3n) is 9.17. The number of aromatic nitrogens is 4. The van der Waals surface area contributed by atoms with Gasteiger partial charge in [-0.2, -0.15) is 0 Å². The summed E-state index contributed by atoms with van der Waals surface area (Å²) in [5, 5.41) is 4.79. The molecule has 0 bridgehead atoms. The first-order chi connectivity index (χ1) is 23.1. The number of nitrogens with zero attached hydrogens (tertiary/aromatic N) is 4. The van der Waals surface area contributed by atoms with E-state index >= 15 is 0 Å². The van der Waals surface area contributed by atoms with E-state index in [9.17, 15) is 0 Å². The third-order valence-corrected chi connectivity index (χ3v) is 9.17. The zero-order valence-corrected chi connectivity index (χ0v) is 26.1. The maximum Gasteiger partial charge on any atom is 0.137 e. The molecule has 9 rings (SSSR count). The Kier molecular flexibility index (Phi) is 6.18. The van der Waals surface area contributed by atoms with Gasteiger partial charge < -0.3 is 9.30 Å². The van der Waals surface area contributed by atoms with Crippen molar-refractivity contribution in [2.45, 2.75) is 13.8 Å². The fourth-order valence-electron chi connectivity index (χ4n) is 6.83. The highest BCUT2D eigenvalue weighted by atomic mass is 16.5. The maximum atomic E-state index is 6.54. The number of pyridine rings is 2. The van der Waals surface area contributed by atoms with Gasteiger partial charge in [0, 0.05) is 51.3 Å². The van der Waals surface area contributed by atoms with Gasteiger partial charge in [-0.25, -0.2) is 4.98 Å². The second-order valence-corrected chi connectivity index (χ2v) is 12.0. The van der Waals surface area contributed by atoms with Crippen LogP contribution in [0, 0.1) is 13.8 Å². The SMILES string of the molecule is Cc1cnc(-c2cccc(Oc3ccc4c5c6c7ccccc7n(-c7ccccc7)c6ccc5n(-c5ccccn5)c4c3)c2)cc1C. The highest BCUT2D eigenvalue weighted by Gasteiger charge is 2.21. The van der Waals surface area contributed by atoms with E-state index in [2.05, 4.69) is 137 Å². The molecule has 0 spiro atoms. The first-order valence-electron chi connectivity index (χ1n) is 15.8. The Bertz CT molecular complexity index is 2620. The molecule has 0 radical (unpaired) electrons. The van der Waals surface area contributed by atoms with E-state index in [1.165, 1.54) is 38.3 Å². The second-order valence-electron chi connectivity index (χ2n) is 12.0. The van der Waals surface area contributed by atoms with Gasteiger partial charge >= 0.3 is 0 Å². The molecule has 5 aromatic carbocycles. The van der Waals surface area contributed by atoms with E-state index in [-0.39, 0.29) is 0 Å². The number of benzene rings is 5. The van der Waals surface area contributed by atoms with Gasteiger partial charge in [0.2, 0.25) is 0 Å². The van der Waals surface area contributed by atoms with Crippen molar-refractivity contribution in [3.63, 3.8) is 0 Å². The van der Waals surface area contributed by atoms with Crippen molar-refractivity contribution >= 4 is 43.6 Å². The van der Waals surface area contributed by atoms with Crippen LogP contribution in [-0.4, -0.2) is 19.1 Å². The second kappa shape index (κ2) is 10.7. The van der Waals surface area contributed by atoms with Crippen LogP contribution < -0.4 is 4.74 Å². The summed E-state index contributed by atoms with van der Waals surface area (Å²) in [5.41, 5.74) is 9.97. The van der Waals surface area contributed by atoms with Crippen LogP contribution in [0.4, 0.5) is 0 Å². The molecule has 4 aromatic heterocycles. The average Bonchev–Trinajstić information content (AvgIpc) is 3.63. The number of ether oxygens (including phenoxy) is 1. The van der Waals surface area contributed by atoms with Gasteiger partial charge in [0.15, 0.2) is 0 Å². The molecule has 0 unspecified atom stereocenters. The van der Waals surface area contributed by atoms with Crippen molar-refractivity contribution < 1.29 is 4.74 Å². The maximum absolute atomic E-state index is 6.54. The third kappa shape index (κ3) is 4.39. The van der Waals surface area contributed by atoms with Crippen molar-refractivity contribution in [3.05, 3.63) is 157 Å². The molecule has 224 valence electrons. The predicted molar refractivity (Wildman–Crippen MR) is 192 cm³/mol. The zero-order valence-electron chi connectivity index (χ0n) is 26.1. The van der Waals surface area contributed by atoms with Crippen LogP contribution in [-0.2, 0) is 0 Å². The molecule has 0 saturated carbocycles. The number of fused-ring (bicyclic) bond motifs is 7. The minimum Gasteiger partial charge on any atom is -0.457 e. The Labute approximate surface area is 272 Å².